The van der Waals surface area contributed by atoms with Gasteiger partial charge in [0, 0.05) is 6.61 Å². The van der Waals surface area contributed by atoms with E-state index in [1.165, 1.54) is 0 Å². The molecule has 1 aromatic carbocycles. The van der Waals surface area contributed by atoms with Gasteiger partial charge in [-0.05, 0) is 18.6 Å². The molecule has 0 radical (unpaired) electrons. The molecule has 0 aliphatic rings. The highest BCUT2D eigenvalue weighted by atomic mass is 16.5. The van der Waals surface area contributed by atoms with Crippen LogP contribution in [0, 0.1) is 0 Å². The second kappa shape index (κ2) is 6.15. The molecule has 1 heterocycles. The second-order valence-corrected chi connectivity index (χ2v) is 3.87. The molecule has 0 saturated heterocycles. The Labute approximate surface area is 101 Å². The molecule has 4 nitrogen and oxygen atoms in total. The third-order valence-electron chi connectivity index (χ3n) is 2.42. The predicted octanol–water partition coefficient (Wildman–Crippen LogP) is 2.58. The van der Waals surface area contributed by atoms with E-state index in [0.717, 1.165) is 30.8 Å². The van der Waals surface area contributed by atoms with Gasteiger partial charge in [-0.25, -0.2) is 0 Å². The monoisotopic (exact) mass is 231 g/mol. The normalized spacial score (nSPS) is 10.6. The van der Waals surface area contributed by atoms with Gasteiger partial charge < -0.3 is 4.74 Å². The molecule has 2 aromatic rings. The Morgan fingerprint density at radius 1 is 1.24 bits per heavy atom. The van der Waals surface area contributed by atoms with Crippen molar-refractivity contribution in [1.29, 1.82) is 0 Å². The van der Waals surface area contributed by atoms with Crippen molar-refractivity contribution in [3.8, 4) is 5.69 Å². The molecule has 2 rings (SSSR count). The number of unbranched alkanes of at least 4 members (excludes halogenated alkanes) is 1. The van der Waals surface area contributed by atoms with Crippen LogP contribution in [-0.4, -0.2) is 21.6 Å². The van der Waals surface area contributed by atoms with E-state index in [-0.39, 0.29) is 0 Å². The molecule has 0 atom stereocenters. The Balaban J connectivity index is 1.92. The van der Waals surface area contributed by atoms with Crippen LogP contribution >= 0.6 is 0 Å². The maximum absolute atomic E-state index is 5.49. The summed E-state index contributed by atoms with van der Waals surface area (Å²) in [4.78, 5) is 1.62. The lowest BCUT2D eigenvalue weighted by Gasteiger charge is -1.99. The molecule has 0 N–H and O–H groups in total. The molecule has 0 amide bonds. The van der Waals surface area contributed by atoms with Crippen LogP contribution in [0.25, 0.3) is 5.69 Å². The van der Waals surface area contributed by atoms with Gasteiger partial charge in [0.1, 0.15) is 5.69 Å². The lowest BCUT2D eigenvalue weighted by molar-refractivity contribution is 0.115. The van der Waals surface area contributed by atoms with Gasteiger partial charge in [-0.1, -0.05) is 31.5 Å². The zero-order valence-corrected chi connectivity index (χ0v) is 10.0. The summed E-state index contributed by atoms with van der Waals surface area (Å²) in [6.45, 7) is 3.47. The zero-order chi connectivity index (χ0) is 11.9. The molecule has 90 valence electrons. The summed E-state index contributed by atoms with van der Waals surface area (Å²) < 4.78 is 5.49. The maximum atomic E-state index is 5.49. The lowest BCUT2D eigenvalue weighted by atomic mass is 10.3. The van der Waals surface area contributed by atoms with E-state index < -0.39 is 0 Å². The van der Waals surface area contributed by atoms with E-state index in [9.17, 15) is 0 Å². The van der Waals surface area contributed by atoms with Crippen molar-refractivity contribution in [2.75, 3.05) is 6.61 Å². The fraction of sp³-hybridized carbons (Fsp3) is 0.385. The van der Waals surface area contributed by atoms with Crippen LogP contribution in [0.3, 0.4) is 0 Å². The molecular formula is C13H17N3O. The highest BCUT2D eigenvalue weighted by Gasteiger charge is 2.02. The number of hydrogen-bond acceptors (Lipinski definition) is 3. The number of nitrogens with zero attached hydrogens (tertiary/aromatic N) is 3. The quantitative estimate of drug-likeness (QED) is 0.717. The summed E-state index contributed by atoms with van der Waals surface area (Å²) >= 11 is 0. The number of para-hydroxylation sites is 1. The number of hydrogen-bond donors (Lipinski definition) is 0. The highest BCUT2D eigenvalue weighted by Crippen LogP contribution is 2.05. The molecule has 1 aromatic heterocycles. The first-order valence-corrected chi connectivity index (χ1v) is 5.94. The van der Waals surface area contributed by atoms with Crippen molar-refractivity contribution in [3.63, 3.8) is 0 Å². The summed E-state index contributed by atoms with van der Waals surface area (Å²) in [5.41, 5.74) is 1.83. The largest absolute Gasteiger partial charge is 0.375 e. The van der Waals surface area contributed by atoms with Gasteiger partial charge in [-0.15, -0.1) is 0 Å². The SMILES string of the molecule is CCCCOCc1cnn(-c2ccccc2)n1. The van der Waals surface area contributed by atoms with Gasteiger partial charge in [-0.3, -0.25) is 0 Å². The van der Waals surface area contributed by atoms with E-state index in [1.54, 1.807) is 11.0 Å². The average molecular weight is 231 g/mol. The molecule has 0 unspecified atom stereocenters. The van der Waals surface area contributed by atoms with E-state index in [0.29, 0.717) is 6.61 Å². The minimum Gasteiger partial charge on any atom is -0.375 e. The van der Waals surface area contributed by atoms with Crippen LogP contribution in [-0.2, 0) is 11.3 Å². The van der Waals surface area contributed by atoms with Gasteiger partial charge in [0.25, 0.3) is 0 Å². The molecular weight excluding hydrogens is 214 g/mol. The fourth-order valence-corrected chi connectivity index (χ4v) is 1.47. The first kappa shape index (κ1) is 11.8. The van der Waals surface area contributed by atoms with Crippen molar-refractivity contribution < 1.29 is 4.74 Å². The Kier molecular flexibility index (Phi) is 4.27. The van der Waals surface area contributed by atoms with Crippen LogP contribution in [0.15, 0.2) is 36.5 Å². The van der Waals surface area contributed by atoms with Gasteiger partial charge >= 0.3 is 0 Å². The zero-order valence-electron chi connectivity index (χ0n) is 10.0. The van der Waals surface area contributed by atoms with Crippen molar-refractivity contribution in [2.45, 2.75) is 26.4 Å². The molecule has 0 saturated carbocycles. The fourth-order valence-electron chi connectivity index (χ4n) is 1.47. The first-order valence-electron chi connectivity index (χ1n) is 5.94. The van der Waals surface area contributed by atoms with Gasteiger partial charge in [0.2, 0.25) is 0 Å². The van der Waals surface area contributed by atoms with E-state index >= 15 is 0 Å². The van der Waals surface area contributed by atoms with Gasteiger partial charge in [-0.2, -0.15) is 15.0 Å². The number of benzene rings is 1. The third kappa shape index (κ3) is 3.39. The Bertz CT molecular complexity index is 439. The highest BCUT2D eigenvalue weighted by molar-refractivity contribution is 5.28. The minimum absolute atomic E-state index is 0.535. The first-order chi connectivity index (χ1) is 8.40. The molecule has 0 fully saturated rings. The summed E-state index contributed by atoms with van der Waals surface area (Å²) in [6.07, 6.45) is 3.99. The number of rotatable bonds is 6. The molecule has 0 aliphatic heterocycles. The van der Waals surface area contributed by atoms with Crippen molar-refractivity contribution in [3.05, 3.63) is 42.2 Å². The third-order valence-corrected chi connectivity index (χ3v) is 2.42. The number of aromatic nitrogens is 3. The topological polar surface area (TPSA) is 39.9 Å². The minimum atomic E-state index is 0.535. The predicted molar refractivity (Wildman–Crippen MR) is 65.9 cm³/mol. The number of ether oxygens (including phenoxy) is 1. The standard InChI is InChI=1S/C13H17N3O/c1-2-3-9-17-11-12-10-14-16(15-12)13-7-5-4-6-8-13/h4-8,10H,2-3,9,11H2,1H3. The Morgan fingerprint density at radius 3 is 2.82 bits per heavy atom. The van der Waals surface area contributed by atoms with Crippen molar-refractivity contribution in [2.24, 2.45) is 0 Å². The van der Waals surface area contributed by atoms with E-state index in [2.05, 4.69) is 17.1 Å². The Hall–Kier alpha value is -1.68. The molecule has 0 spiro atoms. The summed E-state index contributed by atoms with van der Waals surface area (Å²) in [6, 6.07) is 9.86. The van der Waals surface area contributed by atoms with E-state index in [4.69, 9.17) is 4.74 Å². The second-order valence-electron chi connectivity index (χ2n) is 3.87. The van der Waals surface area contributed by atoms with Crippen LogP contribution < -0.4 is 0 Å². The molecule has 0 aliphatic carbocycles. The maximum Gasteiger partial charge on any atom is 0.109 e. The molecule has 0 bridgehead atoms. The van der Waals surface area contributed by atoms with Gasteiger partial charge in [0.15, 0.2) is 0 Å². The van der Waals surface area contributed by atoms with Crippen LogP contribution in [0.2, 0.25) is 0 Å². The molecule has 4 heteroatoms. The van der Waals surface area contributed by atoms with Crippen LogP contribution in [0.5, 0.6) is 0 Å². The van der Waals surface area contributed by atoms with Gasteiger partial charge in [0.05, 0.1) is 18.5 Å². The summed E-state index contributed by atoms with van der Waals surface area (Å²) in [5, 5.41) is 8.57. The van der Waals surface area contributed by atoms with Crippen LogP contribution in [0.4, 0.5) is 0 Å². The van der Waals surface area contributed by atoms with Crippen molar-refractivity contribution in [1.82, 2.24) is 15.0 Å². The lowest BCUT2D eigenvalue weighted by Crippen LogP contribution is -2.00. The summed E-state index contributed by atoms with van der Waals surface area (Å²) in [7, 11) is 0. The van der Waals surface area contributed by atoms with Crippen molar-refractivity contribution >= 4 is 0 Å². The van der Waals surface area contributed by atoms with E-state index in [1.807, 2.05) is 30.3 Å². The smallest absolute Gasteiger partial charge is 0.109 e. The summed E-state index contributed by atoms with van der Waals surface area (Å²) in [5.74, 6) is 0. The van der Waals surface area contributed by atoms with Crippen LogP contribution in [0.1, 0.15) is 25.5 Å². The Morgan fingerprint density at radius 2 is 2.06 bits per heavy atom. The average Bonchev–Trinajstić information content (AvgIpc) is 2.85. The molecule has 17 heavy (non-hydrogen) atoms.